The van der Waals surface area contributed by atoms with Gasteiger partial charge in [0.25, 0.3) is 0 Å². The first-order chi connectivity index (χ1) is 16.3. The van der Waals surface area contributed by atoms with Crippen LogP contribution >= 0.6 is 0 Å². The van der Waals surface area contributed by atoms with Crippen LogP contribution in [0.25, 0.3) is 0 Å². The lowest BCUT2D eigenvalue weighted by Crippen LogP contribution is -2.19. The van der Waals surface area contributed by atoms with Crippen LogP contribution in [-0.2, 0) is 14.2 Å². The molecule has 0 aromatic rings. The van der Waals surface area contributed by atoms with Crippen molar-refractivity contribution in [2.45, 2.75) is 129 Å². The second-order valence-corrected chi connectivity index (χ2v) is 8.84. The topological polar surface area (TPSA) is 68.2 Å². The van der Waals surface area contributed by atoms with Gasteiger partial charge in [-0.3, -0.25) is 0 Å². The van der Waals surface area contributed by atoms with E-state index < -0.39 is 0 Å². The summed E-state index contributed by atoms with van der Waals surface area (Å²) in [4.78, 5) is 0. The highest BCUT2D eigenvalue weighted by atomic mass is 16.7. The molecule has 0 spiro atoms. The van der Waals surface area contributed by atoms with Crippen LogP contribution < -0.4 is 0 Å². The fraction of sp³-hybridized carbons (Fsp3) is 0.857. The molecule has 5 nitrogen and oxygen atoms in total. The molecule has 5 heteroatoms. The molecule has 2 atom stereocenters. The van der Waals surface area contributed by atoms with Crippen LogP contribution in [0.15, 0.2) is 24.3 Å². The van der Waals surface area contributed by atoms with E-state index in [4.69, 9.17) is 24.4 Å². The van der Waals surface area contributed by atoms with Gasteiger partial charge in [0.1, 0.15) is 13.6 Å². The SMILES string of the molecule is CCCCCCC(CC/C=C\CCO)OCOCOC(CC/C=C\CCO)CCCCCC. The lowest BCUT2D eigenvalue weighted by molar-refractivity contribution is -0.167. The standard InChI is InChI=1S/C28H54O5/c1-3-5-7-13-19-27(21-15-9-11-17-23-29)32-25-31-26-33-28(20-14-8-6-4-2)22-16-10-12-18-24-30/h9-12,27-30H,3-8,13-26H2,1-2H3/b11-9-,12-10-. The van der Waals surface area contributed by atoms with Crippen molar-refractivity contribution < 1.29 is 24.4 Å². The highest BCUT2D eigenvalue weighted by molar-refractivity contribution is 4.83. The van der Waals surface area contributed by atoms with Crippen LogP contribution in [0.1, 0.15) is 117 Å². The van der Waals surface area contributed by atoms with Gasteiger partial charge in [-0.1, -0.05) is 89.5 Å². The summed E-state index contributed by atoms with van der Waals surface area (Å²) in [5.74, 6) is 0. The van der Waals surface area contributed by atoms with Gasteiger partial charge in [-0.25, -0.2) is 0 Å². The smallest absolute Gasteiger partial charge is 0.149 e. The Balaban J connectivity index is 4.25. The van der Waals surface area contributed by atoms with Gasteiger partial charge in [0, 0.05) is 13.2 Å². The lowest BCUT2D eigenvalue weighted by atomic mass is 10.1. The maximum Gasteiger partial charge on any atom is 0.149 e. The predicted molar refractivity (Wildman–Crippen MR) is 138 cm³/mol. The third-order valence-electron chi connectivity index (χ3n) is 5.77. The summed E-state index contributed by atoms with van der Waals surface area (Å²) in [7, 11) is 0. The van der Waals surface area contributed by atoms with Crippen molar-refractivity contribution in [2.75, 3.05) is 26.8 Å². The Labute approximate surface area is 204 Å². The third kappa shape index (κ3) is 24.2. The highest BCUT2D eigenvalue weighted by Gasteiger charge is 2.10. The molecule has 0 amide bonds. The fourth-order valence-electron chi connectivity index (χ4n) is 3.73. The number of aliphatic hydroxyl groups excluding tert-OH is 2. The largest absolute Gasteiger partial charge is 0.396 e. The van der Waals surface area contributed by atoms with E-state index >= 15 is 0 Å². The minimum Gasteiger partial charge on any atom is -0.396 e. The van der Waals surface area contributed by atoms with Crippen molar-refractivity contribution in [3.05, 3.63) is 24.3 Å². The molecule has 0 rings (SSSR count). The van der Waals surface area contributed by atoms with Gasteiger partial charge in [-0.05, 0) is 51.4 Å². The molecule has 0 aliphatic rings. The van der Waals surface area contributed by atoms with E-state index in [-0.39, 0.29) is 39.0 Å². The molecule has 0 fully saturated rings. The zero-order valence-electron chi connectivity index (χ0n) is 21.7. The van der Waals surface area contributed by atoms with E-state index in [1.807, 2.05) is 12.2 Å². The van der Waals surface area contributed by atoms with Gasteiger partial charge >= 0.3 is 0 Å². The highest BCUT2D eigenvalue weighted by Crippen LogP contribution is 2.15. The third-order valence-corrected chi connectivity index (χ3v) is 5.77. The van der Waals surface area contributed by atoms with E-state index in [9.17, 15) is 0 Å². The van der Waals surface area contributed by atoms with Gasteiger partial charge in [0.15, 0.2) is 0 Å². The number of hydrogen-bond donors (Lipinski definition) is 2. The molecule has 0 aromatic carbocycles. The van der Waals surface area contributed by atoms with Crippen LogP contribution in [-0.4, -0.2) is 49.2 Å². The molecule has 0 saturated carbocycles. The van der Waals surface area contributed by atoms with Crippen molar-refractivity contribution >= 4 is 0 Å². The number of ether oxygens (including phenoxy) is 3. The molecule has 0 aliphatic heterocycles. The molecule has 0 radical (unpaired) electrons. The number of allylic oxidation sites excluding steroid dienone is 2. The zero-order valence-corrected chi connectivity index (χ0v) is 21.7. The Kier molecular flexibility index (Phi) is 26.9. The Hall–Kier alpha value is -0.720. The summed E-state index contributed by atoms with van der Waals surface area (Å²) in [5, 5.41) is 17.8. The maximum absolute atomic E-state index is 8.88. The van der Waals surface area contributed by atoms with Crippen LogP contribution in [0.3, 0.4) is 0 Å². The van der Waals surface area contributed by atoms with Crippen molar-refractivity contribution in [1.82, 2.24) is 0 Å². The molecule has 0 aliphatic carbocycles. The number of aliphatic hydroxyl groups is 2. The first-order valence-corrected chi connectivity index (χ1v) is 13.6. The number of hydrogen-bond acceptors (Lipinski definition) is 5. The maximum atomic E-state index is 8.88. The number of unbranched alkanes of at least 4 members (excludes halogenated alkanes) is 6. The van der Waals surface area contributed by atoms with Crippen molar-refractivity contribution in [2.24, 2.45) is 0 Å². The van der Waals surface area contributed by atoms with Crippen LogP contribution in [0.4, 0.5) is 0 Å². The van der Waals surface area contributed by atoms with Crippen molar-refractivity contribution in [3.63, 3.8) is 0 Å². The summed E-state index contributed by atoms with van der Waals surface area (Å²) < 4.78 is 17.8. The minimum atomic E-state index is 0.208. The monoisotopic (exact) mass is 470 g/mol. The molecule has 2 N–H and O–H groups in total. The van der Waals surface area contributed by atoms with E-state index in [0.29, 0.717) is 0 Å². The van der Waals surface area contributed by atoms with Crippen LogP contribution in [0, 0.1) is 0 Å². The average Bonchev–Trinajstić information content (AvgIpc) is 2.82. The van der Waals surface area contributed by atoms with E-state index in [0.717, 1.165) is 51.4 Å². The second-order valence-electron chi connectivity index (χ2n) is 8.84. The quantitative estimate of drug-likeness (QED) is 0.0804. The summed E-state index contributed by atoms with van der Waals surface area (Å²) in [6.45, 7) is 5.43. The zero-order chi connectivity index (χ0) is 24.2. The van der Waals surface area contributed by atoms with E-state index in [1.165, 1.54) is 51.4 Å². The lowest BCUT2D eigenvalue weighted by Gasteiger charge is -2.20. The Bertz CT molecular complexity index is 387. The average molecular weight is 471 g/mol. The van der Waals surface area contributed by atoms with Gasteiger partial charge in [0.05, 0.1) is 12.2 Å². The molecule has 0 saturated heterocycles. The summed E-state index contributed by atoms with van der Waals surface area (Å²) >= 11 is 0. The van der Waals surface area contributed by atoms with Gasteiger partial charge < -0.3 is 24.4 Å². The normalized spacial score (nSPS) is 13.9. The van der Waals surface area contributed by atoms with Crippen molar-refractivity contribution in [3.8, 4) is 0 Å². The second kappa shape index (κ2) is 27.5. The van der Waals surface area contributed by atoms with Crippen LogP contribution in [0.5, 0.6) is 0 Å². The van der Waals surface area contributed by atoms with Gasteiger partial charge in [-0.15, -0.1) is 0 Å². The molecule has 0 aromatic heterocycles. The van der Waals surface area contributed by atoms with Crippen LogP contribution in [0.2, 0.25) is 0 Å². The van der Waals surface area contributed by atoms with E-state index in [2.05, 4.69) is 26.0 Å². The van der Waals surface area contributed by atoms with Crippen molar-refractivity contribution in [1.29, 1.82) is 0 Å². The molecular weight excluding hydrogens is 416 g/mol. The minimum absolute atomic E-state index is 0.208. The van der Waals surface area contributed by atoms with E-state index in [1.54, 1.807) is 0 Å². The molecule has 0 heterocycles. The fourth-order valence-corrected chi connectivity index (χ4v) is 3.73. The summed E-state index contributed by atoms with van der Waals surface area (Å²) in [6.07, 6.45) is 26.2. The summed E-state index contributed by atoms with van der Waals surface area (Å²) in [6, 6.07) is 0. The van der Waals surface area contributed by atoms with Gasteiger partial charge in [0.2, 0.25) is 0 Å². The number of rotatable bonds is 26. The molecule has 33 heavy (non-hydrogen) atoms. The first kappa shape index (κ1) is 32.3. The molecule has 0 bridgehead atoms. The Morgan fingerprint density at radius 2 is 0.970 bits per heavy atom. The predicted octanol–water partition coefficient (Wildman–Crippen LogP) is 7.07. The Morgan fingerprint density at radius 3 is 1.36 bits per heavy atom. The summed E-state index contributed by atoms with van der Waals surface area (Å²) in [5.41, 5.74) is 0. The molecular formula is C28H54O5. The van der Waals surface area contributed by atoms with Gasteiger partial charge in [-0.2, -0.15) is 0 Å². The molecule has 2 unspecified atom stereocenters. The molecule has 196 valence electrons. The Morgan fingerprint density at radius 1 is 0.545 bits per heavy atom. The first-order valence-electron chi connectivity index (χ1n) is 13.6.